The van der Waals surface area contributed by atoms with Gasteiger partial charge in [0, 0.05) is 6.54 Å². The predicted molar refractivity (Wildman–Crippen MR) is 71.9 cm³/mol. The number of aliphatic carboxylic acids is 1. The van der Waals surface area contributed by atoms with Gasteiger partial charge in [-0.2, -0.15) is 0 Å². The average Bonchev–Trinajstić information content (AvgIpc) is 2.81. The molecular weight excluding hydrogens is 261 g/mol. The molecule has 2 rings (SSSR count). The molecule has 1 atom stereocenters. The zero-order valence-electron chi connectivity index (χ0n) is 11.1. The molecule has 0 radical (unpaired) electrons. The molecule has 0 aliphatic rings. The standard InChI is InChI=1S/C15H16FNO3/c1-10-2-7-13(20-10)8-17-9-14(15(18)19)11-3-5-12(16)6-4-11/h2-7,14,17H,8-9H2,1H3,(H,18,19). The molecule has 0 fully saturated rings. The van der Waals surface area contributed by atoms with Crippen molar-refractivity contribution < 1.29 is 18.7 Å². The molecule has 0 spiro atoms. The van der Waals surface area contributed by atoms with Gasteiger partial charge in [-0.1, -0.05) is 12.1 Å². The monoisotopic (exact) mass is 277 g/mol. The lowest BCUT2D eigenvalue weighted by Crippen LogP contribution is -2.26. The highest BCUT2D eigenvalue weighted by molar-refractivity contribution is 5.76. The van der Waals surface area contributed by atoms with Crippen LogP contribution in [-0.2, 0) is 11.3 Å². The molecule has 1 unspecified atom stereocenters. The first-order valence-corrected chi connectivity index (χ1v) is 6.30. The van der Waals surface area contributed by atoms with Gasteiger partial charge in [-0.25, -0.2) is 4.39 Å². The van der Waals surface area contributed by atoms with Gasteiger partial charge < -0.3 is 14.8 Å². The number of benzene rings is 1. The van der Waals surface area contributed by atoms with E-state index in [2.05, 4.69) is 5.32 Å². The summed E-state index contributed by atoms with van der Waals surface area (Å²) >= 11 is 0. The molecule has 0 aliphatic carbocycles. The fourth-order valence-corrected chi connectivity index (χ4v) is 1.96. The molecule has 0 saturated heterocycles. The molecule has 0 amide bonds. The third-order valence-corrected chi connectivity index (χ3v) is 3.01. The third kappa shape index (κ3) is 3.68. The summed E-state index contributed by atoms with van der Waals surface area (Å²) in [5, 5.41) is 12.3. The molecule has 1 aromatic heterocycles. The maximum atomic E-state index is 12.9. The number of halogens is 1. The summed E-state index contributed by atoms with van der Waals surface area (Å²) in [6, 6.07) is 9.21. The van der Waals surface area contributed by atoms with Gasteiger partial charge in [-0.05, 0) is 36.8 Å². The first kappa shape index (κ1) is 14.3. The molecule has 0 saturated carbocycles. The number of hydrogen-bond donors (Lipinski definition) is 2. The molecule has 0 aliphatic heterocycles. The van der Waals surface area contributed by atoms with Crippen molar-refractivity contribution in [2.45, 2.75) is 19.4 Å². The van der Waals surface area contributed by atoms with Gasteiger partial charge in [-0.3, -0.25) is 4.79 Å². The molecule has 4 nitrogen and oxygen atoms in total. The maximum absolute atomic E-state index is 12.9. The summed E-state index contributed by atoms with van der Waals surface area (Å²) in [5.74, 6) is -0.468. The minimum atomic E-state index is -0.945. The van der Waals surface area contributed by atoms with Crippen molar-refractivity contribution in [3.63, 3.8) is 0 Å². The van der Waals surface area contributed by atoms with E-state index in [-0.39, 0.29) is 12.4 Å². The Bertz CT molecular complexity index is 577. The highest BCUT2D eigenvalue weighted by atomic mass is 19.1. The lowest BCUT2D eigenvalue weighted by Gasteiger charge is -2.13. The summed E-state index contributed by atoms with van der Waals surface area (Å²) in [4.78, 5) is 11.3. The van der Waals surface area contributed by atoms with E-state index in [9.17, 15) is 14.3 Å². The highest BCUT2D eigenvalue weighted by Gasteiger charge is 2.19. The van der Waals surface area contributed by atoms with E-state index in [4.69, 9.17) is 4.42 Å². The van der Waals surface area contributed by atoms with Gasteiger partial charge in [0.05, 0.1) is 12.5 Å². The number of carboxylic acids is 1. The van der Waals surface area contributed by atoms with E-state index in [1.165, 1.54) is 24.3 Å². The van der Waals surface area contributed by atoms with Crippen LogP contribution in [0.15, 0.2) is 40.8 Å². The van der Waals surface area contributed by atoms with Crippen molar-refractivity contribution >= 4 is 5.97 Å². The minimum absolute atomic E-state index is 0.251. The Kier molecular flexibility index (Phi) is 4.53. The van der Waals surface area contributed by atoms with Crippen LogP contribution in [0, 0.1) is 12.7 Å². The van der Waals surface area contributed by atoms with Crippen LogP contribution in [-0.4, -0.2) is 17.6 Å². The molecule has 2 aromatic rings. The second-order valence-corrected chi connectivity index (χ2v) is 4.59. The highest BCUT2D eigenvalue weighted by Crippen LogP contribution is 2.16. The van der Waals surface area contributed by atoms with E-state index in [0.29, 0.717) is 12.1 Å². The van der Waals surface area contributed by atoms with Crippen LogP contribution in [0.25, 0.3) is 0 Å². The fraction of sp³-hybridized carbons (Fsp3) is 0.267. The van der Waals surface area contributed by atoms with Crippen molar-refractivity contribution in [2.24, 2.45) is 0 Å². The number of rotatable bonds is 6. The largest absolute Gasteiger partial charge is 0.481 e. The Labute approximate surface area is 116 Å². The summed E-state index contributed by atoms with van der Waals surface area (Å²) in [6.07, 6.45) is 0. The minimum Gasteiger partial charge on any atom is -0.481 e. The van der Waals surface area contributed by atoms with E-state index in [0.717, 1.165) is 11.5 Å². The summed E-state index contributed by atoms with van der Waals surface area (Å²) in [5.41, 5.74) is 0.571. The van der Waals surface area contributed by atoms with Crippen LogP contribution in [0.5, 0.6) is 0 Å². The van der Waals surface area contributed by atoms with Crippen molar-refractivity contribution in [3.05, 3.63) is 59.3 Å². The maximum Gasteiger partial charge on any atom is 0.312 e. The number of carboxylic acid groups (broad SMARTS) is 1. The summed E-state index contributed by atoms with van der Waals surface area (Å²) < 4.78 is 18.2. The molecule has 2 N–H and O–H groups in total. The van der Waals surface area contributed by atoms with Crippen LogP contribution in [0.1, 0.15) is 23.0 Å². The van der Waals surface area contributed by atoms with Gasteiger partial charge in [0.25, 0.3) is 0 Å². The molecule has 0 bridgehead atoms. The number of aryl methyl sites for hydroxylation is 1. The van der Waals surface area contributed by atoms with Gasteiger partial charge in [-0.15, -0.1) is 0 Å². The Balaban J connectivity index is 1.96. The van der Waals surface area contributed by atoms with Gasteiger partial charge in [0.15, 0.2) is 0 Å². The summed E-state index contributed by atoms with van der Waals surface area (Å²) in [6.45, 7) is 2.56. The van der Waals surface area contributed by atoms with Gasteiger partial charge >= 0.3 is 5.97 Å². The molecule has 106 valence electrons. The molecule has 1 aromatic carbocycles. The Morgan fingerprint density at radius 3 is 2.55 bits per heavy atom. The van der Waals surface area contributed by atoms with Crippen LogP contribution >= 0.6 is 0 Å². The van der Waals surface area contributed by atoms with Crippen molar-refractivity contribution in [1.29, 1.82) is 0 Å². The molecule has 5 heteroatoms. The topological polar surface area (TPSA) is 62.5 Å². The van der Waals surface area contributed by atoms with Crippen LogP contribution in [0.2, 0.25) is 0 Å². The van der Waals surface area contributed by atoms with Crippen LogP contribution in [0.3, 0.4) is 0 Å². The average molecular weight is 277 g/mol. The predicted octanol–water partition coefficient (Wildman–Crippen LogP) is 2.69. The normalized spacial score (nSPS) is 12.3. The molecular formula is C15H16FNO3. The zero-order valence-corrected chi connectivity index (χ0v) is 11.1. The van der Waals surface area contributed by atoms with Crippen molar-refractivity contribution in [1.82, 2.24) is 5.32 Å². The van der Waals surface area contributed by atoms with E-state index in [1.54, 1.807) is 0 Å². The summed E-state index contributed by atoms with van der Waals surface area (Å²) in [7, 11) is 0. The smallest absolute Gasteiger partial charge is 0.312 e. The van der Waals surface area contributed by atoms with Gasteiger partial charge in [0.1, 0.15) is 17.3 Å². The second-order valence-electron chi connectivity index (χ2n) is 4.59. The lowest BCUT2D eigenvalue weighted by atomic mass is 9.99. The lowest BCUT2D eigenvalue weighted by molar-refractivity contribution is -0.138. The SMILES string of the molecule is Cc1ccc(CNCC(C(=O)O)c2ccc(F)cc2)o1. The third-order valence-electron chi connectivity index (χ3n) is 3.01. The second kappa shape index (κ2) is 6.34. The Morgan fingerprint density at radius 2 is 2.00 bits per heavy atom. The van der Waals surface area contributed by atoms with Crippen LogP contribution in [0.4, 0.5) is 4.39 Å². The number of furan rings is 1. The fourth-order valence-electron chi connectivity index (χ4n) is 1.96. The Morgan fingerprint density at radius 1 is 1.30 bits per heavy atom. The zero-order chi connectivity index (χ0) is 14.5. The quantitative estimate of drug-likeness (QED) is 0.852. The number of carbonyl (C=O) groups is 1. The Hall–Kier alpha value is -2.14. The van der Waals surface area contributed by atoms with E-state index >= 15 is 0 Å². The first-order valence-electron chi connectivity index (χ1n) is 6.30. The van der Waals surface area contributed by atoms with Gasteiger partial charge in [0.2, 0.25) is 0 Å². The van der Waals surface area contributed by atoms with E-state index < -0.39 is 11.9 Å². The number of hydrogen-bond acceptors (Lipinski definition) is 3. The van der Waals surface area contributed by atoms with Crippen molar-refractivity contribution in [3.8, 4) is 0 Å². The van der Waals surface area contributed by atoms with Crippen LogP contribution < -0.4 is 5.32 Å². The first-order chi connectivity index (χ1) is 9.56. The van der Waals surface area contributed by atoms with E-state index in [1.807, 2.05) is 19.1 Å². The van der Waals surface area contributed by atoms with Crippen molar-refractivity contribution in [2.75, 3.05) is 6.54 Å². The molecule has 20 heavy (non-hydrogen) atoms. The molecule has 1 heterocycles. The number of nitrogens with one attached hydrogen (secondary N) is 1.